The Hall–Kier alpha value is -1.59. The van der Waals surface area contributed by atoms with Crippen molar-refractivity contribution < 1.29 is 28.6 Å². The lowest BCUT2D eigenvalue weighted by molar-refractivity contribution is -0.167. The molecule has 60 heavy (non-hydrogen) atoms. The Morgan fingerprint density at radius 2 is 0.450 bits per heavy atom. The van der Waals surface area contributed by atoms with Gasteiger partial charge < -0.3 is 14.2 Å². The average Bonchev–Trinajstić information content (AvgIpc) is 3.24. The summed E-state index contributed by atoms with van der Waals surface area (Å²) < 4.78 is 16.8. The van der Waals surface area contributed by atoms with Gasteiger partial charge >= 0.3 is 17.9 Å². The first-order chi connectivity index (χ1) is 29.5. The fraction of sp³-hybridized carbons (Fsp3) is 0.944. The molecular formula is C54H104O6. The third-order valence-corrected chi connectivity index (χ3v) is 12.4. The third kappa shape index (κ3) is 47.5. The normalized spacial score (nSPS) is 11.8. The van der Waals surface area contributed by atoms with E-state index in [4.69, 9.17) is 14.2 Å². The molecule has 0 saturated carbocycles. The molecule has 0 aliphatic rings. The zero-order valence-corrected chi connectivity index (χ0v) is 40.8. The Bertz CT molecular complexity index is 889. The number of unbranched alkanes of at least 4 members (excludes halogenated alkanes) is 39. The summed E-state index contributed by atoms with van der Waals surface area (Å²) in [4.78, 5) is 37.9. The zero-order chi connectivity index (χ0) is 43.7. The monoisotopic (exact) mass is 849 g/mol. The topological polar surface area (TPSA) is 78.9 Å². The lowest BCUT2D eigenvalue weighted by atomic mass is 10.0. The molecule has 0 heterocycles. The fourth-order valence-corrected chi connectivity index (χ4v) is 8.27. The van der Waals surface area contributed by atoms with Crippen molar-refractivity contribution in [2.24, 2.45) is 0 Å². The van der Waals surface area contributed by atoms with Crippen LogP contribution in [0.15, 0.2) is 0 Å². The minimum Gasteiger partial charge on any atom is -0.462 e. The Balaban J connectivity index is 4.25. The summed E-state index contributed by atoms with van der Waals surface area (Å²) >= 11 is 0. The molecule has 0 aliphatic heterocycles. The molecule has 0 rings (SSSR count). The van der Waals surface area contributed by atoms with Crippen LogP contribution in [-0.2, 0) is 28.6 Å². The predicted molar refractivity (Wildman–Crippen MR) is 257 cm³/mol. The molecule has 0 aromatic carbocycles. The van der Waals surface area contributed by atoms with Crippen LogP contribution in [0.1, 0.15) is 310 Å². The van der Waals surface area contributed by atoms with E-state index >= 15 is 0 Å². The van der Waals surface area contributed by atoms with E-state index in [1.54, 1.807) is 0 Å². The second-order valence-electron chi connectivity index (χ2n) is 18.5. The van der Waals surface area contributed by atoms with Crippen molar-refractivity contribution in [2.45, 2.75) is 316 Å². The van der Waals surface area contributed by atoms with Crippen LogP contribution in [0, 0.1) is 0 Å². The largest absolute Gasteiger partial charge is 0.462 e. The van der Waals surface area contributed by atoms with Gasteiger partial charge in [0.15, 0.2) is 6.10 Å². The van der Waals surface area contributed by atoms with Crippen LogP contribution in [0.25, 0.3) is 0 Å². The van der Waals surface area contributed by atoms with E-state index in [1.807, 2.05) is 0 Å². The molecule has 0 fully saturated rings. The van der Waals surface area contributed by atoms with Crippen molar-refractivity contribution >= 4 is 17.9 Å². The lowest BCUT2D eigenvalue weighted by Gasteiger charge is -2.18. The van der Waals surface area contributed by atoms with Crippen LogP contribution >= 0.6 is 0 Å². The standard InChI is InChI=1S/C54H104O6/c1-4-7-10-13-16-19-22-24-25-26-27-28-30-32-35-38-41-44-47-53(56)59-50-51(49-58-52(55)46-43-40-37-34-31-21-18-15-12-9-6-3)60-54(57)48-45-42-39-36-33-29-23-20-17-14-11-8-5-2/h51H,4-50H2,1-3H3. The van der Waals surface area contributed by atoms with Crippen LogP contribution < -0.4 is 0 Å². The van der Waals surface area contributed by atoms with E-state index in [1.165, 1.54) is 212 Å². The summed E-state index contributed by atoms with van der Waals surface area (Å²) in [7, 11) is 0. The highest BCUT2D eigenvalue weighted by molar-refractivity contribution is 5.71. The molecule has 0 aliphatic carbocycles. The van der Waals surface area contributed by atoms with E-state index in [2.05, 4.69) is 20.8 Å². The van der Waals surface area contributed by atoms with Gasteiger partial charge in [0.2, 0.25) is 0 Å². The van der Waals surface area contributed by atoms with Crippen molar-refractivity contribution in [3.05, 3.63) is 0 Å². The highest BCUT2D eigenvalue weighted by Crippen LogP contribution is 2.17. The van der Waals surface area contributed by atoms with E-state index in [0.29, 0.717) is 19.3 Å². The summed E-state index contributed by atoms with van der Waals surface area (Å²) in [6.07, 6.45) is 53.7. The first kappa shape index (κ1) is 58.4. The zero-order valence-electron chi connectivity index (χ0n) is 40.8. The van der Waals surface area contributed by atoms with Crippen molar-refractivity contribution in [3.8, 4) is 0 Å². The summed E-state index contributed by atoms with van der Waals surface area (Å²) in [5.41, 5.74) is 0. The number of esters is 3. The molecule has 0 radical (unpaired) electrons. The van der Waals surface area contributed by atoms with Gasteiger partial charge in [-0.05, 0) is 19.3 Å². The molecule has 6 heteroatoms. The maximum Gasteiger partial charge on any atom is 0.306 e. The Morgan fingerprint density at radius 1 is 0.267 bits per heavy atom. The van der Waals surface area contributed by atoms with Crippen LogP contribution in [0.2, 0.25) is 0 Å². The molecule has 0 amide bonds. The van der Waals surface area contributed by atoms with Gasteiger partial charge in [-0.15, -0.1) is 0 Å². The third-order valence-electron chi connectivity index (χ3n) is 12.4. The maximum atomic E-state index is 12.8. The van der Waals surface area contributed by atoms with E-state index in [-0.39, 0.29) is 31.1 Å². The molecule has 6 nitrogen and oxygen atoms in total. The second kappa shape index (κ2) is 50.1. The van der Waals surface area contributed by atoms with Gasteiger partial charge in [-0.2, -0.15) is 0 Å². The maximum absolute atomic E-state index is 12.8. The Labute approximate surface area is 374 Å². The fourth-order valence-electron chi connectivity index (χ4n) is 8.27. The van der Waals surface area contributed by atoms with Crippen molar-refractivity contribution in [2.75, 3.05) is 13.2 Å². The van der Waals surface area contributed by atoms with Gasteiger partial charge in [0.05, 0.1) is 0 Å². The predicted octanol–water partition coefficient (Wildman–Crippen LogP) is 17.6. The summed E-state index contributed by atoms with van der Waals surface area (Å²) in [6.45, 7) is 6.68. The van der Waals surface area contributed by atoms with Crippen LogP contribution in [0.5, 0.6) is 0 Å². The number of carbonyl (C=O) groups excluding carboxylic acids is 3. The molecule has 0 aromatic rings. The first-order valence-electron chi connectivity index (χ1n) is 27.0. The van der Waals surface area contributed by atoms with Gasteiger partial charge in [-0.25, -0.2) is 0 Å². The van der Waals surface area contributed by atoms with Crippen LogP contribution in [-0.4, -0.2) is 37.2 Å². The molecule has 0 N–H and O–H groups in total. The molecular weight excluding hydrogens is 745 g/mol. The Kier molecular flexibility index (Phi) is 48.7. The van der Waals surface area contributed by atoms with Crippen LogP contribution in [0.4, 0.5) is 0 Å². The van der Waals surface area contributed by atoms with Gasteiger partial charge in [0.25, 0.3) is 0 Å². The van der Waals surface area contributed by atoms with Crippen molar-refractivity contribution in [3.63, 3.8) is 0 Å². The number of rotatable bonds is 50. The molecule has 0 aromatic heterocycles. The molecule has 1 unspecified atom stereocenters. The molecule has 1 atom stereocenters. The molecule has 0 bridgehead atoms. The number of ether oxygens (including phenoxy) is 3. The van der Waals surface area contributed by atoms with Gasteiger partial charge in [-0.1, -0.05) is 271 Å². The van der Waals surface area contributed by atoms with Crippen LogP contribution in [0.3, 0.4) is 0 Å². The first-order valence-corrected chi connectivity index (χ1v) is 27.0. The number of hydrogen-bond donors (Lipinski definition) is 0. The molecule has 356 valence electrons. The molecule has 0 spiro atoms. The van der Waals surface area contributed by atoms with Crippen molar-refractivity contribution in [1.82, 2.24) is 0 Å². The summed E-state index contributed by atoms with van der Waals surface area (Å²) in [5, 5.41) is 0. The van der Waals surface area contributed by atoms with Gasteiger partial charge in [0, 0.05) is 19.3 Å². The SMILES string of the molecule is CCCCCCCCCCCCCCCCCCCCC(=O)OCC(COC(=O)CCCCCCCCCCCCC)OC(=O)CCCCCCCCCCCCCCC. The highest BCUT2D eigenvalue weighted by atomic mass is 16.6. The Morgan fingerprint density at radius 3 is 0.667 bits per heavy atom. The van der Waals surface area contributed by atoms with E-state index in [9.17, 15) is 14.4 Å². The quantitative estimate of drug-likeness (QED) is 0.0345. The second-order valence-corrected chi connectivity index (χ2v) is 18.5. The summed E-state index contributed by atoms with van der Waals surface area (Å²) in [6, 6.07) is 0. The minimum atomic E-state index is -0.759. The molecule has 0 saturated heterocycles. The lowest BCUT2D eigenvalue weighted by Crippen LogP contribution is -2.30. The van der Waals surface area contributed by atoms with E-state index < -0.39 is 6.10 Å². The van der Waals surface area contributed by atoms with E-state index in [0.717, 1.165) is 57.8 Å². The van der Waals surface area contributed by atoms with Gasteiger partial charge in [-0.3, -0.25) is 14.4 Å². The van der Waals surface area contributed by atoms with Gasteiger partial charge in [0.1, 0.15) is 13.2 Å². The minimum absolute atomic E-state index is 0.0616. The highest BCUT2D eigenvalue weighted by Gasteiger charge is 2.19. The average molecular weight is 849 g/mol. The summed E-state index contributed by atoms with van der Waals surface area (Å²) in [5.74, 6) is -0.839. The number of carbonyl (C=O) groups is 3. The number of hydrogen-bond acceptors (Lipinski definition) is 6. The van der Waals surface area contributed by atoms with Crippen molar-refractivity contribution in [1.29, 1.82) is 0 Å². The smallest absolute Gasteiger partial charge is 0.306 e.